The van der Waals surface area contributed by atoms with E-state index in [1.54, 1.807) is 12.1 Å². The number of ketones is 1. The molecule has 2 rings (SSSR count). The summed E-state index contributed by atoms with van der Waals surface area (Å²) in [5.74, 6) is -0.438. The maximum absolute atomic E-state index is 12.9. The zero-order valence-corrected chi connectivity index (χ0v) is 18.6. The van der Waals surface area contributed by atoms with Crippen LogP contribution in [0.25, 0.3) is 0 Å². The topological polar surface area (TPSA) is 92.3 Å². The Morgan fingerprint density at radius 2 is 1.83 bits per heavy atom. The summed E-state index contributed by atoms with van der Waals surface area (Å²) in [5.41, 5.74) is 1.05. The molecule has 0 amide bonds. The highest BCUT2D eigenvalue weighted by Crippen LogP contribution is 2.27. The van der Waals surface area contributed by atoms with Gasteiger partial charge in [0.1, 0.15) is 17.4 Å². The fourth-order valence-electron chi connectivity index (χ4n) is 3.40. The van der Waals surface area contributed by atoms with Gasteiger partial charge in [-0.2, -0.15) is 5.26 Å². The largest absolute Gasteiger partial charge is 0.494 e. The molecule has 1 aromatic carbocycles. The average molecular weight is 431 g/mol. The minimum absolute atomic E-state index is 0.0518. The first-order valence-corrected chi connectivity index (χ1v) is 10.4. The first-order valence-electron chi connectivity index (χ1n) is 10.0. The number of ether oxygens (including phenoxy) is 1. The monoisotopic (exact) mass is 430 g/mol. The summed E-state index contributed by atoms with van der Waals surface area (Å²) in [5, 5.41) is 20.7. The molecule has 2 aromatic rings. The summed E-state index contributed by atoms with van der Waals surface area (Å²) in [6.07, 6.45) is 3.59. The fraction of sp³-hybridized carbons (Fsp3) is 0.435. The van der Waals surface area contributed by atoms with Gasteiger partial charge < -0.3 is 9.84 Å². The predicted molar refractivity (Wildman–Crippen MR) is 117 cm³/mol. The molecular weight excluding hydrogens is 404 g/mol. The number of aromatic hydroxyl groups is 1. The number of benzene rings is 1. The second-order valence-electron chi connectivity index (χ2n) is 7.41. The molecule has 0 spiro atoms. The van der Waals surface area contributed by atoms with Gasteiger partial charge >= 0.3 is 0 Å². The minimum Gasteiger partial charge on any atom is -0.494 e. The van der Waals surface area contributed by atoms with E-state index in [0.29, 0.717) is 17.2 Å². The van der Waals surface area contributed by atoms with Crippen molar-refractivity contribution in [3.8, 4) is 17.7 Å². The summed E-state index contributed by atoms with van der Waals surface area (Å²) in [6.45, 7) is 7.15. The van der Waals surface area contributed by atoms with Crippen molar-refractivity contribution in [3.05, 3.63) is 55.3 Å². The van der Waals surface area contributed by atoms with Crippen LogP contribution in [0.5, 0.6) is 11.6 Å². The number of rotatable bonds is 9. The lowest BCUT2D eigenvalue weighted by Crippen LogP contribution is -2.27. The molecule has 30 heavy (non-hydrogen) atoms. The van der Waals surface area contributed by atoms with Crippen LogP contribution in [0.15, 0.2) is 16.9 Å². The van der Waals surface area contributed by atoms with Crippen LogP contribution in [0.3, 0.4) is 0 Å². The van der Waals surface area contributed by atoms with E-state index in [-0.39, 0.29) is 29.8 Å². The van der Waals surface area contributed by atoms with Crippen LogP contribution in [0.4, 0.5) is 0 Å². The summed E-state index contributed by atoms with van der Waals surface area (Å²) >= 11 is 6.16. The van der Waals surface area contributed by atoms with Crippen LogP contribution in [-0.4, -0.2) is 22.1 Å². The van der Waals surface area contributed by atoms with Crippen LogP contribution in [0.2, 0.25) is 5.02 Å². The van der Waals surface area contributed by atoms with E-state index >= 15 is 0 Å². The maximum Gasteiger partial charge on any atom is 0.271 e. The second kappa shape index (κ2) is 10.3. The molecule has 0 unspecified atom stereocenters. The van der Waals surface area contributed by atoms with Crippen molar-refractivity contribution >= 4 is 17.4 Å². The third-order valence-corrected chi connectivity index (χ3v) is 5.69. The van der Waals surface area contributed by atoms with Crippen LogP contribution < -0.4 is 10.3 Å². The standard InChI is InChI=1S/C23H27ClN2O4/c1-5-6-7-8-9-26-22(28)18(12-25)16(4)20(23(26)29)19(27)13-30-17-10-14(2)21(24)15(3)11-17/h10-11,29H,5-9,13H2,1-4H3. The molecule has 0 saturated carbocycles. The fourth-order valence-corrected chi connectivity index (χ4v) is 3.51. The SMILES string of the molecule is CCCCCCn1c(O)c(C(=O)COc2cc(C)c(Cl)c(C)c2)c(C)c(C#N)c1=O. The Balaban J connectivity index is 2.34. The summed E-state index contributed by atoms with van der Waals surface area (Å²) in [6, 6.07) is 5.32. The number of carbonyl (C=O) groups is 1. The molecule has 1 heterocycles. The molecule has 160 valence electrons. The first-order chi connectivity index (χ1) is 14.2. The van der Waals surface area contributed by atoms with Gasteiger partial charge in [0.25, 0.3) is 5.56 Å². The summed E-state index contributed by atoms with van der Waals surface area (Å²) < 4.78 is 6.73. The molecule has 0 bridgehead atoms. The third-order valence-electron chi connectivity index (χ3n) is 5.09. The van der Waals surface area contributed by atoms with Gasteiger partial charge in [0.2, 0.25) is 11.7 Å². The second-order valence-corrected chi connectivity index (χ2v) is 7.79. The zero-order valence-electron chi connectivity index (χ0n) is 17.8. The molecule has 0 radical (unpaired) electrons. The predicted octanol–water partition coefficient (Wildman–Crippen LogP) is 4.85. The quantitative estimate of drug-likeness (QED) is 0.453. The van der Waals surface area contributed by atoms with Crippen molar-refractivity contribution in [3.63, 3.8) is 0 Å². The van der Waals surface area contributed by atoms with Gasteiger partial charge in [-0.3, -0.25) is 14.2 Å². The lowest BCUT2D eigenvalue weighted by molar-refractivity contribution is 0.0916. The normalized spacial score (nSPS) is 10.7. The van der Waals surface area contributed by atoms with Crippen LogP contribution in [0.1, 0.15) is 65.2 Å². The molecule has 0 atom stereocenters. The van der Waals surface area contributed by atoms with E-state index in [2.05, 4.69) is 6.92 Å². The number of aromatic nitrogens is 1. The molecule has 0 aliphatic carbocycles. The highest BCUT2D eigenvalue weighted by atomic mass is 35.5. The van der Waals surface area contributed by atoms with Crippen molar-refractivity contribution < 1.29 is 14.6 Å². The van der Waals surface area contributed by atoms with Gasteiger partial charge in [0.15, 0.2) is 6.61 Å². The third kappa shape index (κ3) is 5.03. The van der Waals surface area contributed by atoms with Crippen LogP contribution in [-0.2, 0) is 6.54 Å². The van der Waals surface area contributed by atoms with E-state index in [0.717, 1.165) is 35.0 Å². The number of nitriles is 1. The van der Waals surface area contributed by atoms with Crippen molar-refractivity contribution in [2.45, 2.75) is 59.9 Å². The molecule has 0 aliphatic rings. The van der Waals surface area contributed by atoms with Gasteiger partial charge in [-0.15, -0.1) is 0 Å². The van der Waals surface area contributed by atoms with Crippen LogP contribution >= 0.6 is 11.6 Å². The van der Waals surface area contributed by atoms with Gasteiger partial charge in [-0.05, 0) is 56.0 Å². The molecule has 6 nitrogen and oxygen atoms in total. The number of hydrogen-bond donors (Lipinski definition) is 1. The molecule has 1 N–H and O–H groups in total. The Morgan fingerprint density at radius 1 is 1.20 bits per heavy atom. The Bertz CT molecular complexity index is 1030. The van der Waals surface area contributed by atoms with Crippen molar-refractivity contribution in [1.82, 2.24) is 4.57 Å². The van der Waals surface area contributed by atoms with Crippen LogP contribution in [0, 0.1) is 32.1 Å². The number of nitrogens with zero attached hydrogens (tertiary/aromatic N) is 2. The molecular formula is C23H27ClN2O4. The van der Waals surface area contributed by atoms with E-state index in [9.17, 15) is 20.0 Å². The van der Waals surface area contributed by atoms with Crippen molar-refractivity contribution in [2.75, 3.05) is 6.61 Å². The molecule has 1 aromatic heterocycles. The van der Waals surface area contributed by atoms with Gasteiger partial charge in [-0.25, -0.2) is 0 Å². The van der Waals surface area contributed by atoms with E-state index < -0.39 is 17.2 Å². The Morgan fingerprint density at radius 3 is 2.40 bits per heavy atom. The summed E-state index contributed by atoms with van der Waals surface area (Å²) in [4.78, 5) is 25.5. The van der Waals surface area contributed by atoms with Gasteiger partial charge in [0, 0.05) is 11.6 Å². The number of unbranched alkanes of at least 4 members (excludes halogenated alkanes) is 3. The molecule has 0 fully saturated rings. The van der Waals surface area contributed by atoms with Crippen molar-refractivity contribution in [2.24, 2.45) is 0 Å². The average Bonchev–Trinajstić information content (AvgIpc) is 2.70. The number of carbonyl (C=O) groups excluding carboxylic acids is 1. The highest BCUT2D eigenvalue weighted by molar-refractivity contribution is 6.32. The lowest BCUT2D eigenvalue weighted by atomic mass is 10.0. The molecule has 0 aliphatic heterocycles. The van der Waals surface area contributed by atoms with Gasteiger partial charge in [0.05, 0.1) is 5.56 Å². The number of halogens is 1. The number of aryl methyl sites for hydroxylation is 2. The van der Waals surface area contributed by atoms with Gasteiger partial charge in [-0.1, -0.05) is 37.8 Å². The minimum atomic E-state index is -0.578. The Labute approximate surface area is 181 Å². The van der Waals surface area contributed by atoms with E-state index in [1.807, 2.05) is 19.9 Å². The number of Topliss-reactive ketones (excluding diaryl/α,β-unsaturated/α-hetero) is 1. The van der Waals surface area contributed by atoms with E-state index in [1.165, 1.54) is 6.92 Å². The van der Waals surface area contributed by atoms with Crippen molar-refractivity contribution in [1.29, 1.82) is 5.26 Å². The maximum atomic E-state index is 12.9. The smallest absolute Gasteiger partial charge is 0.271 e. The molecule has 7 heteroatoms. The van der Waals surface area contributed by atoms with E-state index in [4.69, 9.17) is 16.3 Å². The summed E-state index contributed by atoms with van der Waals surface area (Å²) in [7, 11) is 0. The number of hydrogen-bond acceptors (Lipinski definition) is 5. The Hall–Kier alpha value is -2.78. The highest BCUT2D eigenvalue weighted by Gasteiger charge is 2.24. The molecule has 0 saturated heterocycles. The first kappa shape index (κ1) is 23.5. The number of pyridine rings is 1. The zero-order chi connectivity index (χ0) is 22.4. The Kier molecular flexibility index (Phi) is 8.08. The lowest BCUT2D eigenvalue weighted by Gasteiger charge is -2.16.